The smallest absolute Gasteiger partial charge is 0.291 e. The molecule has 0 fully saturated rings. The van der Waals surface area contributed by atoms with Gasteiger partial charge in [-0.1, -0.05) is 0 Å². The van der Waals surface area contributed by atoms with Crippen molar-refractivity contribution >= 4 is 11.8 Å². The van der Waals surface area contributed by atoms with Gasteiger partial charge in [-0.25, -0.2) is 0 Å². The fourth-order valence-electron chi connectivity index (χ4n) is 0.969. The van der Waals surface area contributed by atoms with E-state index in [-0.39, 0.29) is 6.08 Å². The number of amides is 2. The van der Waals surface area contributed by atoms with E-state index >= 15 is 0 Å². The first-order valence-corrected chi connectivity index (χ1v) is 3.39. The predicted molar refractivity (Wildman–Crippen MR) is 36.4 cm³/mol. The summed E-state index contributed by atoms with van der Waals surface area (Å²) in [4.78, 5) is 21.4. The maximum absolute atomic E-state index is 12.2. The molecule has 0 unspecified atom stereocenters. The SMILES string of the molecule is N#C[C@H]1C(=O)NC(=O)C=C1C(F)(F)F. The predicted octanol–water partition coefficient (Wildman–Crippen LogP) is 0.271. The quantitative estimate of drug-likeness (QED) is 0.576. The van der Waals surface area contributed by atoms with E-state index in [1.807, 2.05) is 0 Å². The minimum atomic E-state index is -4.84. The van der Waals surface area contributed by atoms with Crippen LogP contribution in [0.4, 0.5) is 13.2 Å². The van der Waals surface area contributed by atoms with Crippen molar-refractivity contribution in [2.45, 2.75) is 6.18 Å². The first-order valence-electron chi connectivity index (χ1n) is 3.39. The van der Waals surface area contributed by atoms with Crippen LogP contribution in [0.1, 0.15) is 0 Å². The molecule has 0 saturated carbocycles. The van der Waals surface area contributed by atoms with E-state index in [2.05, 4.69) is 0 Å². The molecule has 4 nitrogen and oxygen atoms in total. The zero-order chi connectivity index (χ0) is 10.9. The number of hydrogen-bond donors (Lipinski definition) is 1. The second kappa shape index (κ2) is 3.14. The standard InChI is InChI=1S/C7H3F3N2O2/c8-7(9,10)4-1-5(13)12-6(14)3(4)2-11/h1,3H,(H,12,13,14)/t3-/m1/s1. The molecule has 0 saturated heterocycles. The van der Waals surface area contributed by atoms with Crippen LogP contribution in [0.5, 0.6) is 0 Å². The van der Waals surface area contributed by atoms with E-state index in [0.29, 0.717) is 0 Å². The van der Waals surface area contributed by atoms with Gasteiger partial charge in [-0.2, -0.15) is 18.4 Å². The van der Waals surface area contributed by atoms with Crippen molar-refractivity contribution in [2.24, 2.45) is 5.92 Å². The molecule has 0 radical (unpaired) electrons. The molecule has 74 valence electrons. The number of alkyl halides is 3. The molecule has 7 heteroatoms. The summed E-state index contributed by atoms with van der Waals surface area (Å²) in [7, 11) is 0. The lowest BCUT2D eigenvalue weighted by Gasteiger charge is -2.19. The third-order valence-electron chi connectivity index (χ3n) is 1.56. The molecule has 1 aliphatic heterocycles. The van der Waals surface area contributed by atoms with Crippen LogP contribution >= 0.6 is 0 Å². The highest BCUT2D eigenvalue weighted by molar-refractivity contribution is 6.07. The molecule has 0 bridgehead atoms. The average molecular weight is 204 g/mol. The maximum Gasteiger partial charge on any atom is 0.414 e. The van der Waals surface area contributed by atoms with Crippen LogP contribution in [0.3, 0.4) is 0 Å². The Bertz CT molecular complexity index is 364. The van der Waals surface area contributed by atoms with E-state index in [9.17, 15) is 22.8 Å². The molecule has 14 heavy (non-hydrogen) atoms. The molecule has 0 aliphatic carbocycles. The number of carbonyl (C=O) groups excluding carboxylic acids is 2. The van der Waals surface area contributed by atoms with Crippen molar-refractivity contribution in [3.05, 3.63) is 11.6 Å². The maximum atomic E-state index is 12.2. The Balaban J connectivity index is 3.18. The minimum Gasteiger partial charge on any atom is -0.291 e. The van der Waals surface area contributed by atoms with E-state index in [1.165, 1.54) is 6.07 Å². The van der Waals surface area contributed by atoms with E-state index in [0.717, 1.165) is 0 Å². The Hall–Kier alpha value is -1.84. The van der Waals surface area contributed by atoms with Gasteiger partial charge in [-0.3, -0.25) is 14.9 Å². The summed E-state index contributed by atoms with van der Waals surface area (Å²) >= 11 is 0. The molecular formula is C7H3F3N2O2. The highest BCUT2D eigenvalue weighted by Crippen LogP contribution is 2.32. The van der Waals surface area contributed by atoms with Crippen LogP contribution < -0.4 is 5.32 Å². The Morgan fingerprint density at radius 3 is 2.43 bits per heavy atom. The molecule has 1 heterocycles. The number of nitrogens with zero attached hydrogens (tertiary/aromatic N) is 1. The first kappa shape index (κ1) is 10.2. The van der Waals surface area contributed by atoms with Gasteiger partial charge in [-0.15, -0.1) is 0 Å². The second-order valence-corrected chi connectivity index (χ2v) is 2.51. The summed E-state index contributed by atoms with van der Waals surface area (Å²) in [5.74, 6) is -4.37. The lowest BCUT2D eigenvalue weighted by Crippen LogP contribution is -2.42. The molecule has 2 amide bonds. The van der Waals surface area contributed by atoms with Gasteiger partial charge in [0.05, 0.1) is 11.6 Å². The minimum absolute atomic E-state index is 0.218. The highest BCUT2D eigenvalue weighted by Gasteiger charge is 2.45. The van der Waals surface area contributed by atoms with Crippen LogP contribution in [0.15, 0.2) is 11.6 Å². The molecule has 0 aromatic carbocycles. The van der Waals surface area contributed by atoms with Crippen molar-refractivity contribution in [1.29, 1.82) is 5.26 Å². The molecule has 1 atom stereocenters. The Labute approximate surface area is 76.0 Å². The van der Waals surface area contributed by atoms with Gasteiger partial charge in [0, 0.05) is 6.08 Å². The lowest BCUT2D eigenvalue weighted by atomic mass is 9.96. The lowest BCUT2D eigenvalue weighted by molar-refractivity contribution is -0.136. The van der Waals surface area contributed by atoms with Gasteiger partial charge in [0.2, 0.25) is 5.91 Å². The number of nitriles is 1. The summed E-state index contributed by atoms with van der Waals surface area (Å²) in [5, 5.41) is 9.92. The Morgan fingerprint density at radius 2 is 2.00 bits per heavy atom. The van der Waals surface area contributed by atoms with Gasteiger partial charge in [0.1, 0.15) is 0 Å². The third kappa shape index (κ3) is 1.74. The van der Waals surface area contributed by atoms with Gasteiger partial charge in [0.15, 0.2) is 5.92 Å². The molecule has 1 aliphatic rings. The topological polar surface area (TPSA) is 70.0 Å². The van der Waals surface area contributed by atoms with Gasteiger partial charge in [0.25, 0.3) is 5.91 Å². The van der Waals surface area contributed by atoms with Gasteiger partial charge in [-0.05, 0) is 0 Å². The van der Waals surface area contributed by atoms with Crippen LogP contribution in [0.25, 0.3) is 0 Å². The van der Waals surface area contributed by atoms with Crippen molar-refractivity contribution in [3.8, 4) is 6.07 Å². The number of rotatable bonds is 0. The van der Waals surface area contributed by atoms with Gasteiger partial charge >= 0.3 is 6.18 Å². The fourth-order valence-corrected chi connectivity index (χ4v) is 0.969. The Kier molecular flexibility index (Phi) is 2.30. The zero-order valence-corrected chi connectivity index (χ0v) is 6.55. The fraction of sp³-hybridized carbons (Fsp3) is 0.286. The molecule has 1 N–H and O–H groups in total. The Morgan fingerprint density at radius 1 is 1.43 bits per heavy atom. The van der Waals surface area contributed by atoms with Crippen molar-refractivity contribution < 1.29 is 22.8 Å². The first-order chi connectivity index (χ1) is 6.36. The zero-order valence-electron chi connectivity index (χ0n) is 6.55. The summed E-state index contributed by atoms with van der Waals surface area (Å²) in [6.45, 7) is 0. The van der Waals surface area contributed by atoms with E-state index in [1.54, 1.807) is 5.32 Å². The number of imide groups is 1. The molecular weight excluding hydrogens is 201 g/mol. The molecule has 0 aromatic heterocycles. The number of halogens is 3. The van der Waals surface area contributed by atoms with Crippen LogP contribution in [0.2, 0.25) is 0 Å². The highest BCUT2D eigenvalue weighted by atomic mass is 19.4. The second-order valence-electron chi connectivity index (χ2n) is 2.51. The number of nitrogens with one attached hydrogen (secondary N) is 1. The number of hydrogen-bond acceptors (Lipinski definition) is 3. The van der Waals surface area contributed by atoms with Crippen LogP contribution in [-0.2, 0) is 9.59 Å². The average Bonchev–Trinajstić information content (AvgIpc) is 2.01. The summed E-state index contributed by atoms with van der Waals surface area (Å²) < 4.78 is 36.5. The van der Waals surface area contributed by atoms with E-state index < -0.39 is 29.5 Å². The van der Waals surface area contributed by atoms with Crippen LogP contribution in [-0.4, -0.2) is 18.0 Å². The summed E-state index contributed by atoms with van der Waals surface area (Å²) in [6, 6.07) is 1.18. The van der Waals surface area contributed by atoms with Crippen molar-refractivity contribution in [1.82, 2.24) is 5.32 Å². The van der Waals surface area contributed by atoms with Crippen molar-refractivity contribution in [3.63, 3.8) is 0 Å². The van der Waals surface area contributed by atoms with Gasteiger partial charge < -0.3 is 0 Å². The molecule has 0 aromatic rings. The normalized spacial score (nSPS) is 22.4. The monoisotopic (exact) mass is 204 g/mol. The van der Waals surface area contributed by atoms with Crippen molar-refractivity contribution in [2.75, 3.05) is 0 Å². The summed E-state index contributed by atoms with van der Waals surface area (Å²) in [5.41, 5.74) is -1.42. The molecule has 1 rings (SSSR count). The van der Waals surface area contributed by atoms with E-state index in [4.69, 9.17) is 5.26 Å². The molecule has 0 spiro atoms. The number of carbonyl (C=O) groups is 2. The third-order valence-corrected chi connectivity index (χ3v) is 1.56. The largest absolute Gasteiger partial charge is 0.414 e. The van der Waals surface area contributed by atoms with Crippen LogP contribution in [0, 0.1) is 17.2 Å². The summed E-state index contributed by atoms with van der Waals surface area (Å²) in [6.07, 6.45) is -4.62.